The molecular formula is C34H45Br2N7O5S. The summed E-state index contributed by atoms with van der Waals surface area (Å²) in [6.07, 6.45) is 6.27. The number of piperidine rings is 3. The number of para-hydroxylation sites is 1. The van der Waals surface area contributed by atoms with E-state index in [0.717, 1.165) is 42.5 Å². The average Bonchev–Trinajstić information content (AvgIpc) is 3.09. The van der Waals surface area contributed by atoms with Crippen molar-refractivity contribution in [3.8, 4) is 0 Å². The molecule has 49 heavy (non-hydrogen) atoms. The van der Waals surface area contributed by atoms with Gasteiger partial charge in [-0.05, 0) is 112 Å². The van der Waals surface area contributed by atoms with Crippen LogP contribution >= 0.6 is 31.9 Å². The number of nitrogens with two attached hydrogens (primary N) is 1. The van der Waals surface area contributed by atoms with Gasteiger partial charge in [0, 0.05) is 72.9 Å². The number of amides is 5. The largest absolute Gasteiger partial charge is 0.397 e. The molecule has 0 spiro atoms. The molecule has 12 nitrogen and oxygen atoms in total. The van der Waals surface area contributed by atoms with Crippen LogP contribution in [0.3, 0.4) is 0 Å². The quantitative estimate of drug-likeness (QED) is 0.341. The summed E-state index contributed by atoms with van der Waals surface area (Å²) in [7, 11) is -3.17. The van der Waals surface area contributed by atoms with Gasteiger partial charge in [-0.3, -0.25) is 4.79 Å². The Morgan fingerprint density at radius 2 is 1.49 bits per heavy atom. The summed E-state index contributed by atoms with van der Waals surface area (Å²) >= 11 is 7.02. The number of hydrogen-bond donors (Lipinski definition) is 3. The van der Waals surface area contributed by atoms with E-state index in [0.29, 0.717) is 91.5 Å². The standard InChI is InChI=1S/C34H45Br2N7O5S/c1-49(47,48)42-16-8-24(9-17-42)23-6-12-40(13-7-23)32(44)30(20-22-18-27(35)31(37)28(36)19-22)39-33(45)41-14-10-26(11-15-41)43-21-25-4-2-3-5-29(25)38-34(43)46/h2-5,18-19,23-24,26,30H,6-17,20-21,37H2,1H3,(H,38,46)(H,39,45)/t30-/m1/s1. The fourth-order valence-electron chi connectivity index (χ4n) is 7.82. The van der Waals surface area contributed by atoms with Crippen LogP contribution in [0, 0.1) is 11.8 Å². The highest BCUT2D eigenvalue weighted by molar-refractivity contribution is 9.11. The van der Waals surface area contributed by atoms with Gasteiger partial charge in [-0.2, -0.15) is 0 Å². The third-order valence-electron chi connectivity index (χ3n) is 10.7. The summed E-state index contributed by atoms with van der Waals surface area (Å²) in [5.41, 5.74) is 9.47. The molecule has 6 rings (SSSR count). The van der Waals surface area contributed by atoms with Crippen LogP contribution in [-0.2, 0) is 27.8 Å². The van der Waals surface area contributed by atoms with E-state index in [1.165, 1.54) is 6.26 Å². The van der Waals surface area contributed by atoms with Crippen LogP contribution in [0.25, 0.3) is 0 Å². The Morgan fingerprint density at radius 3 is 2.10 bits per heavy atom. The number of nitrogens with zero attached hydrogens (tertiary/aromatic N) is 4. The van der Waals surface area contributed by atoms with Gasteiger partial charge in [-0.15, -0.1) is 0 Å². The van der Waals surface area contributed by atoms with E-state index in [2.05, 4.69) is 42.5 Å². The summed E-state index contributed by atoms with van der Waals surface area (Å²) in [5.74, 6) is 0.782. The van der Waals surface area contributed by atoms with Crippen molar-refractivity contribution in [2.75, 3.05) is 56.6 Å². The predicted molar refractivity (Wildman–Crippen MR) is 196 cm³/mol. The number of likely N-dealkylation sites (tertiary alicyclic amines) is 2. The summed E-state index contributed by atoms with van der Waals surface area (Å²) < 4.78 is 26.9. The molecule has 2 aromatic rings. The highest BCUT2D eigenvalue weighted by Crippen LogP contribution is 2.34. The molecule has 4 aliphatic rings. The maximum absolute atomic E-state index is 14.1. The maximum atomic E-state index is 14.1. The number of halogens is 2. The first-order valence-electron chi connectivity index (χ1n) is 17.1. The first-order chi connectivity index (χ1) is 23.4. The number of sulfonamides is 1. The Balaban J connectivity index is 1.08. The lowest BCUT2D eigenvalue weighted by Crippen LogP contribution is -2.57. The number of urea groups is 2. The second kappa shape index (κ2) is 15.2. The Labute approximate surface area is 305 Å². The lowest BCUT2D eigenvalue weighted by atomic mass is 9.79. The highest BCUT2D eigenvalue weighted by atomic mass is 79.9. The van der Waals surface area contributed by atoms with E-state index < -0.39 is 16.1 Å². The minimum absolute atomic E-state index is 0.0132. The molecule has 4 N–H and O–H groups in total. The molecule has 1 atom stereocenters. The Morgan fingerprint density at radius 1 is 0.918 bits per heavy atom. The van der Waals surface area contributed by atoms with Crippen molar-refractivity contribution in [1.82, 2.24) is 24.3 Å². The highest BCUT2D eigenvalue weighted by Gasteiger charge is 2.37. The van der Waals surface area contributed by atoms with Gasteiger partial charge in [-0.1, -0.05) is 18.2 Å². The molecule has 0 aromatic heterocycles. The maximum Gasteiger partial charge on any atom is 0.322 e. The molecule has 4 heterocycles. The van der Waals surface area contributed by atoms with Gasteiger partial charge in [0.05, 0.1) is 11.9 Å². The molecule has 0 aliphatic carbocycles. The van der Waals surface area contributed by atoms with Crippen LogP contribution in [0.4, 0.5) is 21.0 Å². The van der Waals surface area contributed by atoms with Crippen LogP contribution in [0.5, 0.6) is 0 Å². The number of fused-ring (bicyclic) bond motifs is 1. The molecule has 15 heteroatoms. The van der Waals surface area contributed by atoms with E-state index in [1.54, 1.807) is 9.21 Å². The second-order valence-electron chi connectivity index (χ2n) is 13.8. The Hall–Kier alpha value is -2.88. The molecule has 0 saturated carbocycles. The predicted octanol–water partition coefficient (Wildman–Crippen LogP) is 4.84. The molecule has 266 valence electrons. The van der Waals surface area contributed by atoms with Gasteiger partial charge >= 0.3 is 12.1 Å². The van der Waals surface area contributed by atoms with Gasteiger partial charge in [0.1, 0.15) is 6.04 Å². The molecule has 0 unspecified atom stereocenters. The zero-order chi connectivity index (χ0) is 34.9. The molecule has 4 aliphatic heterocycles. The lowest BCUT2D eigenvalue weighted by Gasteiger charge is -2.41. The zero-order valence-electron chi connectivity index (χ0n) is 27.7. The molecule has 3 saturated heterocycles. The minimum Gasteiger partial charge on any atom is -0.397 e. The van der Waals surface area contributed by atoms with Gasteiger partial charge in [0.25, 0.3) is 0 Å². The number of carbonyl (C=O) groups is 3. The van der Waals surface area contributed by atoms with E-state index in [1.807, 2.05) is 46.2 Å². The van der Waals surface area contributed by atoms with Crippen molar-refractivity contribution in [1.29, 1.82) is 0 Å². The van der Waals surface area contributed by atoms with E-state index >= 15 is 0 Å². The van der Waals surface area contributed by atoms with Crippen molar-refractivity contribution >= 4 is 71.2 Å². The third-order valence-corrected chi connectivity index (χ3v) is 13.3. The van der Waals surface area contributed by atoms with E-state index in [-0.39, 0.29) is 24.0 Å². The van der Waals surface area contributed by atoms with Crippen molar-refractivity contribution in [2.24, 2.45) is 11.8 Å². The number of anilines is 2. The molecular weight excluding hydrogens is 778 g/mol. The van der Waals surface area contributed by atoms with Crippen molar-refractivity contribution in [2.45, 2.75) is 63.6 Å². The summed E-state index contributed by atoms with van der Waals surface area (Å²) in [6.45, 7) is 3.81. The molecule has 2 aromatic carbocycles. The molecule has 3 fully saturated rings. The lowest BCUT2D eigenvalue weighted by molar-refractivity contribution is -0.135. The fraction of sp³-hybridized carbons (Fsp3) is 0.559. The SMILES string of the molecule is CS(=O)(=O)N1CCC(C2CCN(C(=O)[C@@H](Cc3cc(Br)c(N)c(Br)c3)NC(=O)N3CCC(N4Cc5ccccc5NC4=O)CC3)CC2)CC1. The van der Waals surface area contributed by atoms with Gasteiger partial charge < -0.3 is 31.1 Å². The molecule has 0 bridgehead atoms. The smallest absolute Gasteiger partial charge is 0.322 e. The number of benzene rings is 2. The van der Waals surface area contributed by atoms with E-state index in [4.69, 9.17) is 5.73 Å². The van der Waals surface area contributed by atoms with Crippen molar-refractivity contribution in [3.05, 3.63) is 56.5 Å². The number of rotatable bonds is 7. The first kappa shape index (κ1) is 35.9. The van der Waals surface area contributed by atoms with Crippen LogP contribution in [0.2, 0.25) is 0 Å². The monoisotopic (exact) mass is 821 g/mol. The number of carbonyl (C=O) groups excluding carboxylic acids is 3. The Kier molecular flexibility index (Phi) is 11.1. The van der Waals surface area contributed by atoms with Gasteiger partial charge in [0.2, 0.25) is 15.9 Å². The molecule has 0 radical (unpaired) electrons. The normalized spacial score (nSPS) is 20.9. The van der Waals surface area contributed by atoms with Crippen molar-refractivity contribution in [3.63, 3.8) is 0 Å². The number of nitrogens with one attached hydrogen (secondary N) is 2. The molecule has 5 amide bonds. The fourth-order valence-corrected chi connectivity index (χ4v) is 9.97. The van der Waals surface area contributed by atoms with Crippen LogP contribution in [-0.4, -0.2) is 103 Å². The van der Waals surface area contributed by atoms with Crippen LogP contribution in [0.1, 0.15) is 49.7 Å². The number of hydrogen-bond acceptors (Lipinski definition) is 6. The topological polar surface area (TPSA) is 148 Å². The second-order valence-corrected chi connectivity index (χ2v) is 17.5. The van der Waals surface area contributed by atoms with Crippen LogP contribution in [0.15, 0.2) is 45.3 Å². The summed E-state index contributed by atoms with van der Waals surface area (Å²) in [5, 5.41) is 6.06. The third kappa shape index (κ3) is 8.37. The first-order valence-corrected chi connectivity index (χ1v) is 20.5. The zero-order valence-corrected chi connectivity index (χ0v) is 31.7. The average molecular weight is 824 g/mol. The number of nitrogen functional groups attached to an aromatic ring is 1. The summed E-state index contributed by atoms with van der Waals surface area (Å²) in [6, 6.07) is 10.4. The van der Waals surface area contributed by atoms with Gasteiger partial charge in [0.15, 0.2) is 0 Å². The van der Waals surface area contributed by atoms with Crippen LogP contribution < -0.4 is 16.4 Å². The Bertz CT molecular complexity index is 1650. The van der Waals surface area contributed by atoms with Crippen molar-refractivity contribution < 1.29 is 22.8 Å². The van der Waals surface area contributed by atoms with Gasteiger partial charge in [-0.25, -0.2) is 22.3 Å². The minimum atomic E-state index is -3.17. The summed E-state index contributed by atoms with van der Waals surface area (Å²) in [4.78, 5) is 46.2. The van der Waals surface area contributed by atoms with E-state index in [9.17, 15) is 22.8 Å².